The third-order valence-corrected chi connectivity index (χ3v) is 3.07. The Balaban J connectivity index is 2.91. The van der Waals surface area contributed by atoms with Crippen molar-refractivity contribution in [1.29, 1.82) is 5.26 Å². The van der Waals surface area contributed by atoms with Gasteiger partial charge in [-0.2, -0.15) is 5.26 Å². The van der Waals surface area contributed by atoms with E-state index in [9.17, 15) is 9.90 Å². The molecule has 0 unspecified atom stereocenters. The fourth-order valence-corrected chi connectivity index (χ4v) is 2.08. The number of hydrogen-bond acceptors (Lipinski definition) is 4. The van der Waals surface area contributed by atoms with Gasteiger partial charge >= 0.3 is 5.63 Å². The van der Waals surface area contributed by atoms with Gasteiger partial charge < -0.3 is 9.52 Å². The van der Waals surface area contributed by atoms with Gasteiger partial charge in [0.1, 0.15) is 11.7 Å². The highest BCUT2D eigenvalue weighted by Gasteiger charge is 2.15. The first-order chi connectivity index (χ1) is 8.62. The van der Waals surface area contributed by atoms with E-state index < -0.39 is 5.63 Å². The molecule has 0 aliphatic heterocycles. The monoisotopic (exact) mass is 243 g/mol. The first kappa shape index (κ1) is 12.2. The van der Waals surface area contributed by atoms with Gasteiger partial charge in [0.15, 0.2) is 11.3 Å². The quantitative estimate of drug-likeness (QED) is 0.822. The van der Waals surface area contributed by atoms with Crippen molar-refractivity contribution in [3.8, 4) is 11.8 Å². The van der Waals surface area contributed by atoms with Gasteiger partial charge in [0, 0.05) is 0 Å². The molecule has 0 aliphatic rings. The lowest BCUT2D eigenvalue weighted by Gasteiger charge is -2.08. The molecule has 92 valence electrons. The lowest BCUT2D eigenvalue weighted by Crippen LogP contribution is -2.05. The molecular weight excluding hydrogens is 230 g/mol. The first-order valence-electron chi connectivity index (χ1n) is 5.84. The summed E-state index contributed by atoms with van der Waals surface area (Å²) < 4.78 is 5.07. The zero-order chi connectivity index (χ0) is 13.3. The summed E-state index contributed by atoms with van der Waals surface area (Å²) in [5.41, 5.74) is 1.35. The minimum absolute atomic E-state index is 0.291. The number of benzene rings is 1. The van der Waals surface area contributed by atoms with E-state index in [2.05, 4.69) is 0 Å². The van der Waals surface area contributed by atoms with Gasteiger partial charge in [-0.3, -0.25) is 0 Å². The van der Waals surface area contributed by atoms with Crippen LogP contribution in [-0.4, -0.2) is 5.11 Å². The Morgan fingerprint density at radius 2 is 1.89 bits per heavy atom. The summed E-state index contributed by atoms with van der Waals surface area (Å²) in [4.78, 5) is 11.5. The van der Waals surface area contributed by atoms with Gasteiger partial charge in [-0.1, -0.05) is 13.8 Å². The van der Waals surface area contributed by atoms with Crippen LogP contribution in [0, 0.1) is 11.3 Å². The van der Waals surface area contributed by atoms with Crippen LogP contribution in [0.3, 0.4) is 0 Å². The van der Waals surface area contributed by atoms with Crippen LogP contribution >= 0.6 is 0 Å². The van der Waals surface area contributed by atoms with Crippen molar-refractivity contribution >= 4 is 11.0 Å². The number of nitrogens with zero attached hydrogens (tertiary/aromatic N) is 1. The second-order valence-corrected chi connectivity index (χ2v) is 4.05. The topological polar surface area (TPSA) is 74.2 Å². The van der Waals surface area contributed by atoms with Crippen LogP contribution in [0.4, 0.5) is 0 Å². The number of aryl methyl sites for hydroxylation is 2. The molecule has 4 heteroatoms. The van der Waals surface area contributed by atoms with Gasteiger partial charge in [0.2, 0.25) is 0 Å². The van der Waals surface area contributed by atoms with Crippen molar-refractivity contribution in [2.75, 3.05) is 0 Å². The zero-order valence-corrected chi connectivity index (χ0v) is 10.3. The fraction of sp³-hybridized carbons (Fsp3) is 0.286. The summed E-state index contributed by atoms with van der Waals surface area (Å²) in [5.74, 6) is -0.291. The largest absolute Gasteiger partial charge is 0.506 e. The van der Waals surface area contributed by atoms with E-state index in [1.165, 1.54) is 0 Å². The van der Waals surface area contributed by atoms with Crippen LogP contribution in [0.15, 0.2) is 21.3 Å². The smallest absolute Gasteiger partial charge is 0.358 e. The lowest BCUT2D eigenvalue weighted by atomic mass is 9.99. The van der Waals surface area contributed by atoms with E-state index in [1.807, 2.05) is 13.8 Å². The maximum atomic E-state index is 11.5. The number of aromatic hydroxyl groups is 1. The number of fused-ring (bicyclic) bond motifs is 1. The number of rotatable bonds is 2. The summed E-state index contributed by atoms with van der Waals surface area (Å²) in [6, 6.07) is 5.21. The Labute approximate surface area is 104 Å². The second kappa shape index (κ2) is 4.53. The summed E-state index contributed by atoms with van der Waals surface area (Å²) in [5, 5.41) is 19.2. The molecule has 1 aromatic carbocycles. The van der Waals surface area contributed by atoms with E-state index in [1.54, 1.807) is 18.2 Å². The molecule has 0 bridgehead atoms. The molecule has 1 heterocycles. The molecular formula is C14H13NO3. The molecule has 1 aromatic heterocycles. The Hall–Kier alpha value is -2.28. The minimum Gasteiger partial charge on any atom is -0.506 e. The molecule has 0 fully saturated rings. The summed E-state index contributed by atoms with van der Waals surface area (Å²) in [6.07, 6.45) is 1.64. The Morgan fingerprint density at radius 1 is 1.28 bits per heavy atom. The van der Waals surface area contributed by atoms with Gasteiger partial charge in [0.05, 0.1) is 5.39 Å². The van der Waals surface area contributed by atoms with Gasteiger partial charge in [-0.15, -0.1) is 0 Å². The summed E-state index contributed by atoms with van der Waals surface area (Å²) in [6.45, 7) is 4.03. The Morgan fingerprint density at radius 3 is 2.44 bits per heavy atom. The zero-order valence-electron chi connectivity index (χ0n) is 10.3. The Bertz CT molecular complexity index is 708. The molecule has 18 heavy (non-hydrogen) atoms. The molecule has 4 nitrogen and oxygen atoms in total. The van der Waals surface area contributed by atoms with Crippen molar-refractivity contribution in [2.45, 2.75) is 26.7 Å². The summed E-state index contributed by atoms with van der Waals surface area (Å²) >= 11 is 0. The van der Waals surface area contributed by atoms with Crippen molar-refractivity contribution in [2.24, 2.45) is 0 Å². The molecule has 2 rings (SSSR count). The average molecular weight is 243 g/mol. The minimum atomic E-state index is -0.797. The average Bonchev–Trinajstić information content (AvgIpc) is 2.37. The highest BCUT2D eigenvalue weighted by molar-refractivity contribution is 5.86. The third kappa shape index (κ3) is 1.74. The van der Waals surface area contributed by atoms with Crippen LogP contribution in [-0.2, 0) is 12.8 Å². The molecule has 0 aliphatic carbocycles. The van der Waals surface area contributed by atoms with Crippen molar-refractivity contribution in [3.63, 3.8) is 0 Å². The van der Waals surface area contributed by atoms with Crippen LogP contribution in [0.25, 0.3) is 11.0 Å². The first-order valence-corrected chi connectivity index (χ1v) is 5.84. The SMILES string of the molecule is CCc1cc2oc(=O)c(C#N)c(O)c2cc1CC. The van der Waals surface area contributed by atoms with Gasteiger partial charge in [-0.05, 0) is 36.1 Å². The van der Waals surface area contributed by atoms with Crippen LogP contribution in [0.5, 0.6) is 5.75 Å². The van der Waals surface area contributed by atoms with E-state index in [0.717, 1.165) is 24.0 Å². The van der Waals surface area contributed by atoms with Crippen LogP contribution in [0.2, 0.25) is 0 Å². The Kier molecular flexibility index (Phi) is 3.07. The van der Waals surface area contributed by atoms with Gasteiger partial charge in [-0.25, -0.2) is 4.79 Å². The number of nitriles is 1. The van der Waals surface area contributed by atoms with Crippen LogP contribution < -0.4 is 5.63 Å². The normalized spacial score (nSPS) is 10.5. The molecule has 0 saturated heterocycles. The number of hydrogen-bond donors (Lipinski definition) is 1. The predicted molar refractivity (Wildman–Crippen MR) is 67.6 cm³/mol. The molecule has 2 aromatic rings. The predicted octanol–water partition coefficient (Wildman–Crippen LogP) is 2.50. The molecule has 0 saturated carbocycles. The molecule has 0 spiro atoms. The highest BCUT2D eigenvalue weighted by Crippen LogP contribution is 2.29. The van der Waals surface area contributed by atoms with E-state index in [0.29, 0.717) is 11.0 Å². The molecule has 0 amide bonds. The maximum absolute atomic E-state index is 11.5. The lowest BCUT2D eigenvalue weighted by molar-refractivity contribution is 0.465. The van der Waals surface area contributed by atoms with E-state index in [-0.39, 0.29) is 11.3 Å². The van der Waals surface area contributed by atoms with E-state index in [4.69, 9.17) is 9.68 Å². The van der Waals surface area contributed by atoms with Crippen molar-refractivity contribution < 1.29 is 9.52 Å². The second-order valence-electron chi connectivity index (χ2n) is 4.05. The van der Waals surface area contributed by atoms with Crippen molar-refractivity contribution in [1.82, 2.24) is 0 Å². The maximum Gasteiger partial charge on any atom is 0.358 e. The summed E-state index contributed by atoms with van der Waals surface area (Å²) in [7, 11) is 0. The molecule has 1 N–H and O–H groups in total. The third-order valence-electron chi connectivity index (χ3n) is 3.07. The standard InChI is InChI=1S/C14H13NO3/c1-3-8-5-10-12(6-9(8)4-2)18-14(17)11(7-15)13(10)16/h5-6,16H,3-4H2,1-2H3. The van der Waals surface area contributed by atoms with Crippen LogP contribution in [0.1, 0.15) is 30.5 Å². The fourth-order valence-electron chi connectivity index (χ4n) is 2.08. The molecule has 0 atom stereocenters. The van der Waals surface area contributed by atoms with Crippen molar-refractivity contribution in [3.05, 3.63) is 39.2 Å². The van der Waals surface area contributed by atoms with Gasteiger partial charge in [0.25, 0.3) is 0 Å². The molecule has 0 radical (unpaired) electrons. The van der Waals surface area contributed by atoms with E-state index >= 15 is 0 Å². The highest BCUT2D eigenvalue weighted by atomic mass is 16.4.